The van der Waals surface area contributed by atoms with Crippen LogP contribution in [-0.2, 0) is 6.54 Å². The molecule has 0 aliphatic carbocycles. The van der Waals surface area contributed by atoms with Crippen LogP contribution in [-0.4, -0.2) is 17.0 Å². The second-order valence-electron chi connectivity index (χ2n) is 4.45. The minimum Gasteiger partial charge on any atom is -0.399 e. The number of aromatic nitrogens is 2. The smallest absolute Gasteiger partial charge is 0.203 e. The summed E-state index contributed by atoms with van der Waals surface area (Å²) in [6.45, 7) is 0.817. The number of nitrogens with zero attached hydrogens (tertiary/aromatic N) is 2. The molecule has 4 nitrogen and oxygen atoms in total. The van der Waals surface area contributed by atoms with E-state index in [9.17, 15) is 0 Å². The third-order valence-electron chi connectivity index (χ3n) is 2.90. The molecule has 3 aromatic rings. The van der Waals surface area contributed by atoms with Gasteiger partial charge in [-0.2, -0.15) is 0 Å². The zero-order chi connectivity index (χ0) is 13.4. The van der Waals surface area contributed by atoms with Crippen LogP contribution in [0, 0.1) is 0 Å². The van der Waals surface area contributed by atoms with Crippen molar-refractivity contribution in [3.05, 3.63) is 39.0 Å². The average Bonchev–Trinajstić information content (AvgIpc) is 2.95. The number of nitrogens with one attached hydrogen (secondary N) is 1. The van der Waals surface area contributed by atoms with Crippen LogP contribution < -0.4 is 10.6 Å². The van der Waals surface area contributed by atoms with Crippen molar-refractivity contribution in [1.82, 2.24) is 9.97 Å². The zero-order valence-electron chi connectivity index (χ0n) is 10.4. The number of aromatic amines is 1. The number of anilines is 2. The standard InChI is InChI=1S/C13H13BrN4S/c1-18(6-8-4-12(14)19-7-8)13-16-10-3-2-9(15)5-11(10)17-13/h2-5,7H,6,15H2,1H3,(H,16,17). The minimum absolute atomic E-state index is 0.743. The summed E-state index contributed by atoms with van der Waals surface area (Å²) in [5.41, 5.74) is 9.68. The highest BCUT2D eigenvalue weighted by Gasteiger charge is 2.09. The molecule has 0 bridgehead atoms. The summed E-state index contributed by atoms with van der Waals surface area (Å²) in [6.07, 6.45) is 0. The lowest BCUT2D eigenvalue weighted by molar-refractivity contribution is 0.888. The van der Waals surface area contributed by atoms with Gasteiger partial charge in [0, 0.05) is 19.3 Å². The van der Waals surface area contributed by atoms with Gasteiger partial charge in [-0.3, -0.25) is 0 Å². The van der Waals surface area contributed by atoms with Crippen molar-refractivity contribution >= 4 is 49.9 Å². The maximum atomic E-state index is 5.77. The van der Waals surface area contributed by atoms with Crippen molar-refractivity contribution in [3.8, 4) is 0 Å². The highest BCUT2D eigenvalue weighted by atomic mass is 79.9. The molecule has 0 unspecified atom stereocenters. The predicted molar refractivity (Wildman–Crippen MR) is 84.6 cm³/mol. The molecule has 98 valence electrons. The molecule has 0 saturated heterocycles. The second-order valence-corrected chi connectivity index (χ2v) is 6.74. The number of imidazole rings is 1. The van der Waals surface area contributed by atoms with Crippen LogP contribution in [0.2, 0.25) is 0 Å². The van der Waals surface area contributed by atoms with Gasteiger partial charge < -0.3 is 15.6 Å². The Morgan fingerprint density at radius 2 is 2.26 bits per heavy atom. The van der Waals surface area contributed by atoms with Gasteiger partial charge in [-0.25, -0.2) is 4.98 Å². The van der Waals surface area contributed by atoms with E-state index in [4.69, 9.17) is 5.73 Å². The van der Waals surface area contributed by atoms with Gasteiger partial charge in [-0.1, -0.05) is 0 Å². The molecule has 3 rings (SSSR count). The summed E-state index contributed by atoms with van der Waals surface area (Å²) >= 11 is 5.17. The number of hydrogen-bond donors (Lipinski definition) is 2. The van der Waals surface area contributed by atoms with E-state index >= 15 is 0 Å². The fourth-order valence-corrected chi connectivity index (χ4v) is 3.17. The maximum Gasteiger partial charge on any atom is 0.203 e. The van der Waals surface area contributed by atoms with Gasteiger partial charge in [0.05, 0.1) is 14.8 Å². The molecule has 0 spiro atoms. The van der Waals surface area contributed by atoms with Crippen LogP contribution in [0.3, 0.4) is 0 Å². The fraction of sp³-hybridized carbons (Fsp3) is 0.154. The van der Waals surface area contributed by atoms with E-state index in [1.54, 1.807) is 11.3 Å². The van der Waals surface area contributed by atoms with Crippen molar-refractivity contribution < 1.29 is 0 Å². The first-order valence-electron chi connectivity index (χ1n) is 5.81. The molecule has 6 heteroatoms. The number of hydrogen-bond acceptors (Lipinski definition) is 4. The fourth-order valence-electron chi connectivity index (χ4n) is 1.97. The Morgan fingerprint density at radius 1 is 1.42 bits per heavy atom. The zero-order valence-corrected chi connectivity index (χ0v) is 12.8. The summed E-state index contributed by atoms with van der Waals surface area (Å²) < 4.78 is 1.15. The van der Waals surface area contributed by atoms with Crippen molar-refractivity contribution in [2.75, 3.05) is 17.7 Å². The topological polar surface area (TPSA) is 57.9 Å². The van der Waals surface area contributed by atoms with E-state index in [1.807, 2.05) is 25.2 Å². The Labute approximate surface area is 123 Å². The third kappa shape index (κ3) is 2.59. The third-order valence-corrected chi connectivity index (χ3v) is 4.45. The molecule has 2 aromatic heterocycles. The Kier molecular flexibility index (Phi) is 3.20. The van der Waals surface area contributed by atoms with E-state index in [0.29, 0.717) is 0 Å². The Balaban J connectivity index is 1.86. The summed E-state index contributed by atoms with van der Waals surface area (Å²) in [7, 11) is 2.02. The van der Waals surface area contributed by atoms with Crippen LogP contribution in [0.5, 0.6) is 0 Å². The van der Waals surface area contributed by atoms with Gasteiger partial charge in [0.2, 0.25) is 5.95 Å². The molecule has 0 fully saturated rings. The monoisotopic (exact) mass is 336 g/mol. The first kappa shape index (κ1) is 12.5. The van der Waals surface area contributed by atoms with Gasteiger partial charge in [-0.05, 0) is 51.1 Å². The summed E-state index contributed by atoms with van der Waals surface area (Å²) in [4.78, 5) is 9.94. The maximum absolute atomic E-state index is 5.77. The number of nitrogen functional groups attached to an aromatic ring is 1. The molecule has 3 N–H and O–H groups in total. The average molecular weight is 337 g/mol. The number of H-pyrrole nitrogens is 1. The van der Waals surface area contributed by atoms with E-state index in [-0.39, 0.29) is 0 Å². The van der Waals surface area contributed by atoms with Crippen LogP contribution >= 0.6 is 27.3 Å². The largest absolute Gasteiger partial charge is 0.399 e. The van der Waals surface area contributed by atoms with Gasteiger partial charge in [-0.15, -0.1) is 11.3 Å². The van der Waals surface area contributed by atoms with Crippen LogP contribution in [0.4, 0.5) is 11.6 Å². The lowest BCUT2D eigenvalue weighted by atomic mass is 10.3. The number of rotatable bonds is 3. The highest BCUT2D eigenvalue weighted by molar-refractivity contribution is 9.11. The molecule has 19 heavy (non-hydrogen) atoms. The predicted octanol–water partition coefficient (Wildman–Crippen LogP) is 3.61. The number of halogens is 1. The quantitative estimate of drug-likeness (QED) is 0.718. The number of thiophene rings is 1. The highest BCUT2D eigenvalue weighted by Crippen LogP contribution is 2.24. The van der Waals surface area contributed by atoms with E-state index in [2.05, 4.69) is 42.2 Å². The molecule has 0 amide bonds. The second kappa shape index (κ2) is 4.86. The van der Waals surface area contributed by atoms with Gasteiger partial charge in [0.25, 0.3) is 0 Å². The lowest BCUT2D eigenvalue weighted by Gasteiger charge is -2.14. The minimum atomic E-state index is 0.743. The molecule has 0 radical (unpaired) electrons. The van der Waals surface area contributed by atoms with Gasteiger partial charge in [0.15, 0.2) is 0 Å². The van der Waals surface area contributed by atoms with Gasteiger partial charge in [0.1, 0.15) is 0 Å². The lowest BCUT2D eigenvalue weighted by Crippen LogP contribution is -2.17. The van der Waals surface area contributed by atoms with Crippen molar-refractivity contribution in [2.24, 2.45) is 0 Å². The first-order chi connectivity index (χ1) is 9.11. The molecule has 1 aromatic carbocycles. The van der Waals surface area contributed by atoms with Gasteiger partial charge >= 0.3 is 0 Å². The van der Waals surface area contributed by atoms with Crippen molar-refractivity contribution in [2.45, 2.75) is 6.54 Å². The van der Waals surface area contributed by atoms with Crippen LogP contribution in [0.15, 0.2) is 33.4 Å². The van der Waals surface area contributed by atoms with Crippen molar-refractivity contribution in [3.63, 3.8) is 0 Å². The molecule has 0 atom stereocenters. The summed E-state index contributed by atoms with van der Waals surface area (Å²) in [5.74, 6) is 0.850. The SMILES string of the molecule is CN(Cc1csc(Br)c1)c1nc2ccc(N)cc2[nH]1. The first-order valence-corrected chi connectivity index (χ1v) is 7.48. The van der Waals surface area contributed by atoms with E-state index in [0.717, 1.165) is 33.0 Å². The van der Waals surface area contributed by atoms with E-state index in [1.165, 1.54) is 5.56 Å². The molecular formula is C13H13BrN4S. The molecule has 0 aliphatic heterocycles. The number of benzene rings is 1. The Bertz CT molecular complexity index is 718. The summed E-state index contributed by atoms with van der Waals surface area (Å²) in [5, 5.41) is 2.14. The Morgan fingerprint density at radius 3 is 3.00 bits per heavy atom. The molecule has 2 heterocycles. The normalized spacial score (nSPS) is 11.1. The van der Waals surface area contributed by atoms with Crippen LogP contribution in [0.1, 0.15) is 5.56 Å². The van der Waals surface area contributed by atoms with E-state index < -0.39 is 0 Å². The van der Waals surface area contributed by atoms with Crippen molar-refractivity contribution in [1.29, 1.82) is 0 Å². The Hall–Kier alpha value is -1.53. The van der Waals surface area contributed by atoms with Crippen LogP contribution in [0.25, 0.3) is 11.0 Å². The number of nitrogens with two attached hydrogens (primary N) is 1. The summed E-state index contributed by atoms with van der Waals surface area (Å²) in [6, 6.07) is 7.82. The molecule has 0 saturated carbocycles. The molecular weight excluding hydrogens is 324 g/mol. The molecule has 0 aliphatic rings. The number of fused-ring (bicyclic) bond motifs is 1.